The maximum absolute atomic E-state index is 12.4. The Balaban J connectivity index is 1.97. The van der Waals surface area contributed by atoms with Gasteiger partial charge in [0, 0.05) is 13.1 Å². The molecule has 0 bridgehead atoms. The second-order valence-electron chi connectivity index (χ2n) is 6.79. The van der Waals surface area contributed by atoms with E-state index in [0.29, 0.717) is 30.9 Å². The third-order valence-electron chi connectivity index (χ3n) is 5.02. The molecule has 1 heterocycles. The molecule has 2 rings (SSSR count). The van der Waals surface area contributed by atoms with Crippen LogP contribution >= 0.6 is 0 Å². The highest BCUT2D eigenvalue weighted by Gasteiger charge is 2.48. The van der Waals surface area contributed by atoms with E-state index in [9.17, 15) is 19.5 Å². The number of carboxylic acid groups (broad SMARTS) is 1. The molecule has 1 atom stereocenters. The molecule has 1 saturated heterocycles. The normalized spacial score (nSPS) is 19.5. The molecule has 1 fully saturated rings. The predicted molar refractivity (Wildman–Crippen MR) is 96.0 cm³/mol. The Morgan fingerprint density at radius 3 is 2.58 bits per heavy atom. The highest BCUT2D eigenvalue weighted by molar-refractivity contribution is 5.98. The summed E-state index contributed by atoms with van der Waals surface area (Å²) in [6, 6.07) is 6.83. The maximum Gasteiger partial charge on any atom is 0.311 e. The molecule has 0 aliphatic carbocycles. The van der Waals surface area contributed by atoms with E-state index in [1.165, 1.54) is 4.90 Å². The van der Waals surface area contributed by atoms with E-state index < -0.39 is 17.3 Å². The van der Waals surface area contributed by atoms with Crippen molar-refractivity contribution in [2.75, 3.05) is 26.2 Å². The van der Waals surface area contributed by atoms with Gasteiger partial charge in [0.1, 0.15) is 5.75 Å². The first-order valence-corrected chi connectivity index (χ1v) is 8.83. The number of para-hydroxylation sites is 1. The summed E-state index contributed by atoms with van der Waals surface area (Å²) < 4.78 is 5.42. The minimum Gasteiger partial charge on any atom is -0.493 e. The average Bonchev–Trinajstić information content (AvgIpc) is 3.07. The lowest BCUT2D eigenvalue weighted by atomic mass is 9.76. The van der Waals surface area contributed by atoms with Crippen LogP contribution in [-0.4, -0.2) is 54.0 Å². The molecule has 2 amide bonds. The van der Waals surface area contributed by atoms with Crippen molar-refractivity contribution in [3.8, 4) is 5.75 Å². The first-order chi connectivity index (χ1) is 12.3. The summed E-state index contributed by atoms with van der Waals surface area (Å²) in [4.78, 5) is 37.9. The van der Waals surface area contributed by atoms with E-state index in [-0.39, 0.29) is 24.9 Å². The van der Waals surface area contributed by atoms with E-state index in [1.807, 2.05) is 20.8 Å². The van der Waals surface area contributed by atoms with Crippen LogP contribution in [0.3, 0.4) is 0 Å². The Hall–Kier alpha value is -2.57. The van der Waals surface area contributed by atoms with Crippen LogP contribution in [0.2, 0.25) is 0 Å². The molecule has 26 heavy (non-hydrogen) atoms. The maximum atomic E-state index is 12.4. The molecule has 0 radical (unpaired) electrons. The first-order valence-electron chi connectivity index (χ1n) is 8.83. The van der Waals surface area contributed by atoms with Gasteiger partial charge in [0.15, 0.2) is 0 Å². The zero-order valence-electron chi connectivity index (χ0n) is 15.4. The number of nitrogens with one attached hydrogen (secondary N) is 1. The van der Waals surface area contributed by atoms with Gasteiger partial charge in [-0.1, -0.05) is 26.0 Å². The summed E-state index contributed by atoms with van der Waals surface area (Å²) >= 11 is 0. The van der Waals surface area contributed by atoms with Crippen LogP contribution in [-0.2, 0) is 9.59 Å². The van der Waals surface area contributed by atoms with Gasteiger partial charge in [-0.15, -0.1) is 0 Å². The number of carbonyl (C=O) groups is 3. The second-order valence-corrected chi connectivity index (χ2v) is 6.79. The van der Waals surface area contributed by atoms with Crippen LogP contribution in [0.25, 0.3) is 0 Å². The van der Waals surface area contributed by atoms with Crippen LogP contribution in [0.15, 0.2) is 24.3 Å². The average molecular weight is 362 g/mol. The van der Waals surface area contributed by atoms with Crippen molar-refractivity contribution in [3.05, 3.63) is 29.8 Å². The number of amides is 2. The summed E-state index contributed by atoms with van der Waals surface area (Å²) in [6.07, 6.45) is 0.423. The van der Waals surface area contributed by atoms with Crippen LogP contribution in [0.5, 0.6) is 5.75 Å². The number of likely N-dealkylation sites (tertiary alicyclic amines) is 1. The van der Waals surface area contributed by atoms with Crippen molar-refractivity contribution in [1.82, 2.24) is 10.2 Å². The Labute approximate surface area is 153 Å². The lowest BCUT2D eigenvalue weighted by molar-refractivity contribution is -0.151. The van der Waals surface area contributed by atoms with E-state index >= 15 is 0 Å². The summed E-state index contributed by atoms with van der Waals surface area (Å²) in [5, 5.41) is 12.2. The molecule has 2 N–H and O–H groups in total. The highest BCUT2D eigenvalue weighted by atomic mass is 16.5. The van der Waals surface area contributed by atoms with Gasteiger partial charge >= 0.3 is 5.97 Å². The third kappa shape index (κ3) is 3.98. The van der Waals surface area contributed by atoms with Crippen molar-refractivity contribution in [1.29, 1.82) is 0 Å². The van der Waals surface area contributed by atoms with Gasteiger partial charge in [-0.25, -0.2) is 0 Å². The summed E-state index contributed by atoms with van der Waals surface area (Å²) in [5.41, 5.74) is -0.549. The van der Waals surface area contributed by atoms with E-state index in [1.54, 1.807) is 24.3 Å². The minimum atomic E-state index is -0.915. The zero-order valence-corrected chi connectivity index (χ0v) is 15.4. The fourth-order valence-corrected chi connectivity index (χ4v) is 3.24. The molecule has 7 nitrogen and oxygen atoms in total. The third-order valence-corrected chi connectivity index (χ3v) is 5.02. The first kappa shape index (κ1) is 19.8. The van der Waals surface area contributed by atoms with Crippen molar-refractivity contribution < 1.29 is 24.2 Å². The molecule has 0 spiro atoms. The number of carbonyl (C=O) groups excluding carboxylic acids is 2. The number of hydrogen-bond donors (Lipinski definition) is 2. The lowest BCUT2D eigenvalue weighted by Crippen LogP contribution is -2.43. The molecular formula is C19H26N2O5. The zero-order chi connectivity index (χ0) is 19.3. The van der Waals surface area contributed by atoms with E-state index in [4.69, 9.17) is 4.74 Å². The SMILES string of the molecule is CCOc1ccccc1C(=O)NCC(=O)N1CCC(C(=O)O)(C(C)C)C1. The van der Waals surface area contributed by atoms with Crippen LogP contribution in [0.1, 0.15) is 37.6 Å². The van der Waals surface area contributed by atoms with Crippen molar-refractivity contribution in [2.24, 2.45) is 11.3 Å². The second kappa shape index (κ2) is 8.21. The van der Waals surface area contributed by atoms with Gasteiger partial charge in [-0.3, -0.25) is 14.4 Å². The standard InChI is InChI=1S/C19H26N2O5/c1-4-26-15-8-6-5-7-14(15)17(23)20-11-16(22)21-10-9-19(12-21,13(2)3)18(24)25/h5-8,13H,4,9-12H2,1-3H3,(H,20,23)(H,24,25). The molecule has 0 aromatic heterocycles. The Morgan fingerprint density at radius 1 is 1.31 bits per heavy atom. The molecule has 1 aliphatic rings. The van der Waals surface area contributed by atoms with Crippen LogP contribution in [0, 0.1) is 11.3 Å². The Morgan fingerprint density at radius 2 is 2.00 bits per heavy atom. The van der Waals surface area contributed by atoms with Crippen LogP contribution < -0.4 is 10.1 Å². The van der Waals surface area contributed by atoms with Crippen LogP contribution in [0.4, 0.5) is 0 Å². The summed E-state index contributed by atoms with van der Waals surface area (Å²) in [5.74, 6) is -1.17. The monoisotopic (exact) mass is 362 g/mol. The predicted octanol–water partition coefficient (Wildman–Crippen LogP) is 1.77. The highest BCUT2D eigenvalue weighted by Crippen LogP contribution is 2.38. The number of aliphatic carboxylic acids is 1. The minimum absolute atomic E-state index is 0.0783. The fraction of sp³-hybridized carbons (Fsp3) is 0.526. The molecule has 1 unspecified atom stereocenters. The number of nitrogens with zero attached hydrogens (tertiary/aromatic N) is 1. The van der Waals surface area contributed by atoms with Gasteiger partial charge in [0.2, 0.25) is 5.91 Å². The van der Waals surface area contributed by atoms with Gasteiger partial charge in [-0.2, -0.15) is 0 Å². The molecular weight excluding hydrogens is 336 g/mol. The quantitative estimate of drug-likeness (QED) is 0.771. The van der Waals surface area contributed by atoms with Gasteiger partial charge < -0.3 is 20.1 Å². The van der Waals surface area contributed by atoms with Gasteiger partial charge in [0.05, 0.1) is 24.1 Å². The number of benzene rings is 1. The number of ether oxygens (including phenoxy) is 1. The Bertz CT molecular complexity index is 688. The largest absolute Gasteiger partial charge is 0.493 e. The van der Waals surface area contributed by atoms with Crippen molar-refractivity contribution >= 4 is 17.8 Å². The van der Waals surface area contributed by atoms with E-state index in [2.05, 4.69) is 5.32 Å². The Kier molecular flexibility index (Phi) is 6.23. The number of rotatable bonds is 7. The van der Waals surface area contributed by atoms with E-state index in [0.717, 1.165) is 0 Å². The fourth-order valence-electron chi connectivity index (χ4n) is 3.24. The molecule has 1 aliphatic heterocycles. The van der Waals surface area contributed by atoms with Crippen molar-refractivity contribution in [2.45, 2.75) is 27.2 Å². The van der Waals surface area contributed by atoms with Gasteiger partial charge in [-0.05, 0) is 31.4 Å². The van der Waals surface area contributed by atoms with Gasteiger partial charge in [0.25, 0.3) is 5.91 Å². The summed E-state index contributed by atoms with van der Waals surface area (Å²) in [6.45, 7) is 6.35. The molecule has 1 aromatic carbocycles. The topological polar surface area (TPSA) is 95.9 Å². The van der Waals surface area contributed by atoms with Crippen molar-refractivity contribution in [3.63, 3.8) is 0 Å². The number of carboxylic acids is 1. The number of hydrogen-bond acceptors (Lipinski definition) is 4. The summed E-state index contributed by atoms with van der Waals surface area (Å²) in [7, 11) is 0. The molecule has 1 aromatic rings. The lowest BCUT2D eigenvalue weighted by Gasteiger charge is -2.28. The smallest absolute Gasteiger partial charge is 0.311 e. The molecule has 142 valence electrons. The molecule has 7 heteroatoms. The molecule has 0 saturated carbocycles.